The Balaban J connectivity index is 2.33. The molecule has 0 saturated heterocycles. The normalized spacial score (nSPS) is 9.53. The minimum atomic E-state index is -0.797. The van der Waals surface area contributed by atoms with Gasteiger partial charge in [-0.05, 0) is 19.1 Å². The van der Waals surface area contributed by atoms with Crippen LogP contribution in [-0.2, 0) is 4.74 Å². The second kappa shape index (κ2) is 6.97. The third kappa shape index (κ3) is 5.41. The molecular formula is C9H10ClN3O3S. The van der Waals surface area contributed by atoms with Gasteiger partial charge >= 0.3 is 12.1 Å². The molecule has 0 fully saturated rings. The summed E-state index contributed by atoms with van der Waals surface area (Å²) in [6.45, 7) is 1.84. The van der Waals surface area contributed by atoms with Gasteiger partial charge in [-0.1, -0.05) is 11.6 Å². The molecule has 1 aromatic heterocycles. The van der Waals surface area contributed by atoms with Crippen molar-refractivity contribution in [3.05, 3.63) is 23.4 Å². The van der Waals surface area contributed by atoms with Crippen molar-refractivity contribution < 1.29 is 14.3 Å². The molecule has 0 atom stereocenters. The number of nitrogens with zero attached hydrogens (tertiary/aromatic N) is 1. The summed E-state index contributed by atoms with van der Waals surface area (Å²) in [7, 11) is 0. The minimum absolute atomic E-state index is 0.199. The molecule has 17 heavy (non-hydrogen) atoms. The zero-order valence-corrected chi connectivity index (χ0v) is 10.5. The van der Waals surface area contributed by atoms with E-state index in [0.29, 0.717) is 10.0 Å². The summed E-state index contributed by atoms with van der Waals surface area (Å²) < 4.78 is 6.90. The molecule has 1 heterocycles. The fraction of sp³-hybridized carbons (Fsp3) is 0.222. The maximum Gasteiger partial charge on any atom is 0.415 e. The van der Waals surface area contributed by atoms with Crippen molar-refractivity contribution >= 4 is 35.7 Å². The van der Waals surface area contributed by atoms with E-state index in [1.165, 1.54) is 6.20 Å². The zero-order chi connectivity index (χ0) is 12.7. The van der Waals surface area contributed by atoms with Gasteiger partial charge in [-0.2, -0.15) is 0 Å². The Morgan fingerprint density at radius 2 is 2.29 bits per heavy atom. The van der Waals surface area contributed by atoms with Crippen molar-refractivity contribution in [2.24, 2.45) is 0 Å². The Kier molecular flexibility index (Phi) is 5.58. The van der Waals surface area contributed by atoms with E-state index in [-0.39, 0.29) is 6.61 Å². The van der Waals surface area contributed by atoms with Crippen LogP contribution in [0.2, 0.25) is 5.02 Å². The first-order valence-electron chi connectivity index (χ1n) is 4.64. The fourth-order valence-electron chi connectivity index (χ4n) is 0.807. The number of imide groups is 1. The first-order valence-corrected chi connectivity index (χ1v) is 5.83. The molecule has 0 unspecified atom stereocenters. The number of halogens is 1. The van der Waals surface area contributed by atoms with Crippen molar-refractivity contribution in [2.75, 3.05) is 6.61 Å². The van der Waals surface area contributed by atoms with Crippen LogP contribution in [0.5, 0.6) is 0 Å². The van der Waals surface area contributed by atoms with Crippen LogP contribution < -0.4 is 10.0 Å². The lowest BCUT2D eigenvalue weighted by Gasteiger charge is -2.05. The lowest BCUT2D eigenvalue weighted by molar-refractivity contribution is 0.153. The summed E-state index contributed by atoms with van der Waals surface area (Å²) in [5.41, 5.74) is 0. The predicted octanol–water partition coefficient (Wildman–Crippen LogP) is 2.20. The molecule has 2 N–H and O–H groups in total. The molecule has 0 radical (unpaired) electrons. The quantitative estimate of drug-likeness (QED) is 0.827. The molecule has 0 spiro atoms. The molecule has 0 aliphatic heterocycles. The van der Waals surface area contributed by atoms with E-state index in [4.69, 9.17) is 11.6 Å². The number of ether oxygens (including phenoxy) is 1. The molecule has 0 aliphatic rings. The molecular weight excluding hydrogens is 266 g/mol. The number of hydrogen-bond donors (Lipinski definition) is 2. The summed E-state index contributed by atoms with van der Waals surface area (Å²) in [5.74, 6) is 0. The molecule has 0 aromatic carbocycles. The molecule has 0 aliphatic carbocycles. The maximum atomic E-state index is 11.2. The number of hydrogen-bond acceptors (Lipinski definition) is 5. The molecule has 8 heteroatoms. The summed E-state index contributed by atoms with van der Waals surface area (Å²) in [4.78, 5) is 26.0. The second-order valence-electron chi connectivity index (χ2n) is 2.69. The number of aromatic nitrogens is 1. The number of nitrogens with one attached hydrogen (secondary N) is 2. The first-order chi connectivity index (χ1) is 8.11. The van der Waals surface area contributed by atoms with Gasteiger partial charge in [0.15, 0.2) is 0 Å². The average molecular weight is 276 g/mol. The number of amides is 3. The van der Waals surface area contributed by atoms with Crippen LogP contribution in [0.4, 0.5) is 9.59 Å². The van der Waals surface area contributed by atoms with Crippen LogP contribution in [0.1, 0.15) is 6.92 Å². The lowest BCUT2D eigenvalue weighted by atomic mass is 10.5. The van der Waals surface area contributed by atoms with E-state index in [1.54, 1.807) is 19.1 Å². The van der Waals surface area contributed by atoms with Gasteiger partial charge in [-0.3, -0.25) is 4.72 Å². The van der Waals surface area contributed by atoms with Crippen molar-refractivity contribution in [3.8, 4) is 0 Å². The highest BCUT2D eigenvalue weighted by atomic mass is 35.5. The Morgan fingerprint density at radius 1 is 1.53 bits per heavy atom. The highest BCUT2D eigenvalue weighted by Gasteiger charge is 2.07. The Hall–Kier alpha value is -1.47. The molecule has 6 nitrogen and oxygen atoms in total. The topological polar surface area (TPSA) is 80.3 Å². The molecule has 0 saturated carbocycles. The zero-order valence-electron chi connectivity index (χ0n) is 8.90. The van der Waals surface area contributed by atoms with Crippen LogP contribution >= 0.6 is 23.5 Å². The summed E-state index contributed by atoms with van der Waals surface area (Å²) in [6.07, 6.45) is 0.657. The van der Waals surface area contributed by atoms with Gasteiger partial charge in [-0.15, -0.1) is 0 Å². The van der Waals surface area contributed by atoms with E-state index < -0.39 is 12.1 Å². The van der Waals surface area contributed by atoms with Crippen LogP contribution in [-0.4, -0.2) is 23.7 Å². The van der Waals surface area contributed by atoms with Gasteiger partial charge in [0.25, 0.3) is 0 Å². The first kappa shape index (κ1) is 13.6. The van der Waals surface area contributed by atoms with Crippen LogP contribution in [0.3, 0.4) is 0 Å². The summed E-state index contributed by atoms with van der Waals surface area (Å²) in [5, 5.41) is 3.03. The number of pyridine rings is 1. The fourth-order valence-corrected chi connectivity index (χ4v) is 1.41. The molecule has 1 rings (SSSR count). The van der Waals surface area contributed by atoms with Gasteiger partial charge in [-0.25, -0.2) is 19.9 Å². The number of rotatable bonds is 3. The van der Waals surface area contributed by atoms with E-state index in [2.05, 4.69) is 14.4 Å². The molecule has 0 bridgehead atoms. The minimum Gasteiger partial charge on any atom is -0.450 e. The largest absolute Gasteiger partial charge is 0.450 e. The highest BCUT2D eigenvalue weighted by molar-refractivity contribution is 7.97. The summed E-state index contributed by atoms with van der Waals surface area (Å²) >= 11 is 6.60. The van der Waals surface area contributed by atoms with Crippen LogP contribution in [0.25, 0.3) is 0 Å². The SMILES string of the molecule is CCOC(=O)NC(=O)NSc1ccc(Cl)cn1. The second-order valence-corrected chi connectivity index (χ2v) is 3.96. The third-order valence-electron chi connectivity index (χ3n) is 1.44. The summed E-state index contributed by atoms with van der Waals surface area (Å²) in [6, 6.07) is 2.60. The van der Waals surface area contributed by atoms with Gasteiger partial charge in [0, 0.05) is 18.1 Å². The Bertz CT molecular complexity index is 399. The maximum absolute atomic E-state index is 11.2. The molecule has 92 valence electrons. The van der Waals surface area contributed by atoms with Crippen LogP contribution in [0, 0.1) is 0 Å². The van der Waals surface area contributed by atoms with Crippen molar-refractivity contribution in [1.82, 2.24) is 15.0 Å². The van der Waals surface area contributed by atoms with Crippen LogP contribution in [0.15, 0.2) is 23.4 Å². The van der Waals surface area contributed by atoms with Crippen molar-refractivity contribution in [3.63, 3.8) is 0 Å². The Morgan fingerprint density at radius 3 is 2.88 bits per heavy atom. The van der Waals surface area contributed by atoms with Crippen molar-refractivity contribution in [2.45, 2.75) is 11.9 Å². The monoisotopic (exact) mass is 275 g/mol. The van der Waals surface area contributed by atoms with E-state index in [9.17, 15) is 9.59 Å². The predicted molar refractivity (Wildman–Crippen MR) is 63.8 cm³/mol. The van der Waals surface area contributed by atoms with Crippen molar-refractivity contribution in [1.29, 1.82) is 0 Å². The standard InChI is InChI=1S/C9H10ClN3O3S/c1-2-16-9(15)12-8(14)13-17-7-4-3-6(10)5-11-7/h3-5H,2H2,1H3,(H2,12,13,14,15). The van der Waals surface area contributed by atoms with Gasteiger partial charge < -0.3 is 4.74 Å². The van der Waals surface area contributed by atoms with E-state index in [0.717, 1.165) is 11.9 Å². The van der Waals surface area contributed by atoms with E-state index in [1.807, 2.05) is 5.32 Å². The highest BCUT2D eigenvalue weighted by Crippen LogP contribution is 2.13. The van der Waals surface area contributed by atoms with Gasteiger partial charge in [0.1, 0.15) is 5.03 Å². The van der Waals surface area contributed by atoms with Gasteiger partial charge in [0.2, 0.25) is 0 Å². The molecule has 3 amide bonds. The van der Waals surface area contributed by atoms with E-state index >= 15 is 0 Å². The smallest absolute Gasteiger partial charge is 0.415 e. The lowest BCUT2D eigenvalue weighted by Crippen LogP contribution is -2.36. The van der Waals surface area contributed by atoms with Gasteiger partial charge in [0.05, 0.1) is 11.6 Å². The molecule has 1 aromatic rings. The number of urea groups is 1. The number of carbonyl (C=O) groups is 2. The average Bonchev–Trinajstić information content (AvgIpc) is 2.28. The third-order valence-corrected chi connectivity index (χ3v) is 2.40. The number of alkyl carbamates (subject to hydrolysis) is 1. The number of carbonyl (C=O) groups excluding carboxylic acids is 2. The Labute approximate surface area is 107 Å².